The molecule has 0 radical (unpaired) electrons. The number of amides is 2. The van der Waals surface area contributed by atoms with Crippen molar-refractivity contribution in [3.05, 3.63) is 28.8 Å². The first-order chi connectivity index (χ1) is 10.7. The zero-order chi connectivity index (χ0) is 16.8. The summed E-state index contributed by atoms with van der Waals surface area (Å²) in [5, 5.41) is 12.1. The number of hydrogen-bond acceptors (Lipinski definition) is 2. The van der Waals surface area contributed by atoms with Crippen LogP contribution in [0, 0.1) is 11.8 Å². The number of aliphatic hydroxyl groups is 1. The van der Waals surface area contributed by atoms with Gasteiger partial charge in [-0.3, -0.25) is 0 Å². The van der Waals surface area contributed by atoms with Crippen LogP contribution in [0.25, 0.3) is 0 Å². The van der Waals surface area contributed by atoms with Crippen LogP contribution in [-0.2, 0) is 6.18 Å². The summed E-state index contributed by atoms with van der Waals surface area (Å²) in [6, 6.07) is 2.37. The van der Waals surface area contributed by atoms with Crippen LogP contribution in [0.15, 0.2) is 18.2 Å². The van der Waals surface area contributed by atoms with Crippen molar-refractivity contribution in [3.8, 4) is 0 Å². The molecule has 1 aromatic rings. The van der Waals surface area contributed by atoms with E-state index in [-0.39, 0.29) is 28.6 Å². The monoisotopic (exact) mass is 348 g/mol. The van der Waals surface area contributed by atoms with Gasteiger partial charge in [-0.15, -0.1) is 0 Å². The van der Waals surface area contributed by atoms with E-state index in [1.807, 2.05) is 0 Å². The lowest BCUT2D eigenvalue weighted by molar-refractivity contribution is -0.137. The van der Waals surface area contributed by atoms with E-state index >= 15 is 0 Å². The minimum Gasteiger partial charge on any atom is -0.393 e. The summed E-state index contributed by atoms with van der Waals surface area (Å²) in [7, 11) is 0. The van der Waals surface area contributed by atoms with Crippen LogP contribution in [-0.4, -0.2) is 35.2 Å². The number of carbonyl (C=O) groups is 1. The maximum Gasteiger partial charge on any atom is 0.416 e. The minimum absolute atomic E-state index is 0.0522. The number of carbonyl (C=O) groups excluding carboxylic acids is 1. The van der Waals surface area contributed by atoms with Crippen molar-refractivity contribution in [1.29, 1.82) is 0 Å². The predicted molar refractivity (Wildman–Crippen MR) is 79.3 cm³/mol. The van der Waals surface area contributed by atoms with Gasteiger partial charge in [0.1, 0.15) is 0 Å². The first-order valence-corrected chi connectivity index (χ1v) is 7.72. The van der Waals surface area contributed by atoms with E-state index in [2.05, 4.69) is 5.32 Å². The Hall–Kier alpha value is -1.47. The van der Waals surface area contributed by atoms with Crippen LogP contribution in [0.5, 0.6) is 0 Å². The molecule has 1 heterocycles. The highest BCUT2D eigenvalue weighted by Crippen LogP contribution is 2.38. The van der Waals surface area contributed by atoms with Crippen molar-refractivity contribution in [1.82, 2.24) is 4.90 Å². The number of halogens is 4. The highest BCUT2D eigenvalue weighted by atomic mass is 35.5. The molecule has 0 spiro atoms. The predicted octanol–water partition coefficient (Wildman–Crippen LogP) is 3.59. The fraction of sp³-hybridized carbons (Fsp3) is 0.533. The fourth-order valence-corrected chi connectivity index (χ4v) is 3.59. The first-order valence-electron chi connectivity index (χ1n) is 7.35. The molecule has 126 valence electrons. The van der Waals surface area contributed by atoms with Crippen LogP contribution >= 0.6 is 11.6 Å². The van der Waals surface area contributed by atoms with Crippen LogP contribution in [0.1, 0.15) is 18.4 Å². The third-order valence-corrected chi connectivity index (χ3v) is 4.88. The van der Waals surface area contributed by atoms with Crippen molar-refractivity contribution in [2.75, 3.05) is 18.4 Å². The molecule has 1 saturated carbocycles. The fourth-order valence-electron chi connectivity index (χ4n) is 3.43. The Balaban J connectivity index is 1.69. The second-order valence-corrected chi connectivity index (χ2v) is 6.58. The van der Waals surface area contributed by atoms with E-state index in [1.165, 1.54) is 0 Å². The summed E-state index contributed by atoms with van der Waals surface area (Å²) in [5.41, 5.74) is -0.915. The van der Waals surface area contributed by atoms with Crippen LogP contribution < -0.4 is 5.32 Å². The largest absolute Gasteiger partial charge is 0.416 e. The molecular formula is C15H16ClF3N2O2. The Morgan fingerprint density at radius 2 is 1.87 bits per heavy atom. The molecule has 23 heavy (non-hydrogen) atoms. The van der Waals surface area contributed by atoms with E-state index in [4.69, 9.17) is 11.6 Å². The summed E-state index contributed by atoms with van der Waals surface area (Å²) in [6.07, 6.45) is -3.48. The van der Waals surface area contributed by atoms with Crippen LogP contribution in [0.3, 0.4) is 0 Å². The quantitative estimate of drug-likeness (QED) is 0.815. The average molecular weight is 349 g/mol. The van der Waals surface area contributed by atoms with E-state index in [0.29, 0.717) is 25.9 Å². The number of hydrogen-bond donors (Lipinski definition) is 2. The molecule has 1 aliphatic heterocycles. The average Bonchev–Trinajstić information content (AvgIpc) is 2.97. The van der Waals surface area contributed by atoms with Gasteiger partial charge in [-0.25, -0.2) is 4.79 Å². The molecular weight excluding hydrogens is 333 g/mol. The van der Waals surface area contributed by atoms with Gasteiger partial charge in [0, 0.05) is 13.1 Å². The number of fused-ring (bicyclic) bond motifs is 1. The lowest BCUT2D eigenvalue weighted by Gasteiger charge is -2.20. The van der Waals surface area contributed by atoms with E-state index in [1.54, 1.807) is 4.90 Å². The highest BCUT2D eigenvalue weighted by molar-refractivity contribution is 6.33. The number of alkyl halides is 3. The summed E-state index contributed by atoms with van der Waals surface area (Å²) in [6.45, 7) is 1.01. The Bertz CT molecular complexity index is 609. The molecule has 8 heteroatoms. The smallest absolute Gasteiger partial charge is 0.393 e. The first kappa shape index (κ1) is 16.4. The van der Waals surface area contributed by atoms with Gasteiger partial charge in [0.05, 0.1) is 22.4 Å². The van der Waals surface area contributed by atoms with E-state index in [0.717, 1.165) is 18.2 Å². The Kier molecular flexibility index (Phi) is 4.18. The molecule has 0 bridgehead atoms. The molecule has 2 amide bonds. The minimum atomic E-state index is -4.50. The Morgan fingerprint density at radius 1 is 1.26 bits per heavy atom. The molecule has 3 atom stereocenters. The zero-order valence-electron chi connectivity index (χ0n) is 12.1. The summed E-state index contributed by atoms with van der Waals surface area (Å²) >= 11 is 5.88. The van der Waals surface area contributed by atoms with Gasteiger partial charge in [-0.1, -0.05) is 11.6 Å². The molecule has 0 aromatic heterocycles. The lowest BCUT2D eigenvalue weighted by atomic mass is 10.0. The SMILES string of the molecule is O=C(Nc1cc(C(F)(F)F)ccc1Cl)N1C[C@H]2CC(O)C[C@H]2C1. The third-order valence-electron chi connectivity index (χ3n) is 4.55. The molecule has 4 nitrogen and oxygen atoms in total. The Morgan fingerprint density at radius 3 is 2.43 bits per heavy atom. The maximum absolute atomic E-state index is 12.7. The van der Waals surface area contributed by atoms with Gasteiger partial charge in [0.15, 0.2) is 0 Å². The van der Waals surface area contributed by atoms with Crippen molar-refractivity contribution < 1.29 is 23.1 Å². The molecule has 1 saturated heterocycles. The molecule has 1 aromatic carbocycles. The molecule has 2 fully saturated rings. The molecule has 1 aliphatic carbocycles. The number of benzene rings is 1. The number of likely N-dealkylation sites (tertiary alicyclic amines) is 1. The topological polar surface area (TPSA) is 52.6 Å². The molecule has 1 unspecified atom stereocenters. The van der Waals surface area contributed by atoms with Gasteiger partial charge in [-0.2, -0.15) is 13.2 Å². The number of nitrogens with zero attached hydrogens (tertiary/aromatic N) is 1. The van der Waals surface area contributed by atoms with Crippen molar-refractivity contribution >= 4 is 23.3 Å². The summed E-state index contributed by atoms with van der Waals surface area (Å²) in [5.74, 6) is 0.514. The zero-order valence-corrected chi connectivity index (χ0v) is 12.9. The maximum atomic E-state index is 12.7. The van der Waals surface area contributed by atoms with Crippen LogP contribution in [0.4, 0.5) is 23.7 Å². The molecule has 2 aliphatic rings. The van der Waals surface area contributed by atoms with Crippen molar-refractivity contribution in [3.63, 3.8) is 0 Å². The lowest BCUT2D eigenvalue weighted by Crippen LogP contribution is -2.34. The van der Waals surface area contributed by atoms with Gasteiger partial charge in [-0.05, 0) is 42.9 Å². The number of urea groups is 1. The van der Waals surface area contributed by atoms with Gasteiger partial charge < -0.3 is 15.3 Å². The van der Waals surface area contributed by atoms with Gasteiger partial charge >= 0.3 is 12.2 Å². The Labute approximate surface area is 136 Å². The normalized spacial score (nSPS) is 27.2. The van der Waals surface area contributed by atoms with Crippen LogP contribution in [0.2, 0.25) is 5.02 Å². The second kappa shape index (κ2) is 5.87. The van der Waals surface area contributed by atoms with E-state index in [9.17, 15) is 23.1 Å². The summed E-state index contributed by atoms with van der Waals surface area (Å²) < 4.78 is 38.2. The highest BCUT2D eigenvalue weighted by Gasteiger charge is 2.42. The second-order valence-electron chi connectivity index (χ2n) is 6.17. The molecule has 2 N–H and O–H groups in total. The number of rotatable bonds is 1. The number of aliphatic hydroxyl groups excluding tert-OH is 1. The van der Waals surface area contributed by atoms with Gasteiger partial charge in [0.25, 0.3) is 0 Å². The summed E-state index contributed by atoms with van der Waals surface area (Å²) in [4.78, 5) is 13.8. The number of nitrogens with one attached hydrogen (secondary N) is 1. The number of anilines is 1. The van der Waals surface area contributed by atoms with Crippen molar-refractivity contribution in [2.45, 2.75) is 25.1 Å². The molecule has 3 rings (SSSR count). The van der Waals surface area contributed by atoms with Gasteiger partial charge in [0.2, 0.25) is 0 Å². The van der Waals surface area contributed by atoms with Crippen molar-refractivity contribution in [2.24, 2.45) is 11.8 Å². The third kappa shape index (κ3) is 3.40. The standard InChI is InChI=1S/C15H16ClF3N2O2/c16-12-2-1-10(15(17,18)19)5-13(12)20-14(23)21-6-8-3-11(22)4-9(8)7-21/h1-2,5,8-9,11,22H,3-4,6-7H2,(H,20,23)/t8-,9+,11?. The van der Waals surface area contributed by atoms with E-state index < -0.39 is 17.8 Å².